The highest BCUT2D eigenvalue weighted by atomic mass is 16.6. The van der Waals surface area contributed by atoms with Gasteiger partial charge in [-0.2, -0.15) is 0 Å². The molecule has 4 aliphatic rings. The minimum Gasteiger partial charge on any atom is -0.462 e. The maximum absolute atomic E-state index is 12.9. The van der Waals surface area contributed by atoms with E-state index in [9.17, 15) is 14.4 Å². The first kappa shape index (κ1) is 16.8. The lowest BCUT2D eigenvalue weighted by Gasteiger charge is -2.27. The van der Waals surface area contributed by atoms with E-state index in [0.29, 0.717) is 11.3 Å². The Labute approximate surface area is 158 Å². The van der Waals surface area contributed by atoms with Gasteiger partial charge >= 0.3 is 5.97 Å². The van der Waals surface area contributed by atoms with Gasteiger partial charge in [0, 0.05) is 30.3 Å². The molecule has 0 spiro atoms. The van der Waals surface area contributed by atoms with E-state index in [4.69, 9.17) is 4.74 Å². The maximum Gasteiger partial charge on any atom is 0.310 e. The van der Waals surface area contributed by atoms with Crippen molar-refractivity contribution in [1.29, 1.82) is 0 Å². The number of rotatable bonds is 3. The Morgan fingerprint density at radius 1 is 1.11 bits per heavy atom. The van der Waals surface area contributed by atoms with Crippen LogP contribution in [-0.4, -0.2) is 41.9 Å². The molecule has 2 aliphatic heterocycles. The van der Waals surface area contributed by atoms with Crippen LogP contribution >= 0.6 is 0 Å². The predicted octanol–water partition coefficient (Wildman–Crippen LogP) is 2.45. The van der Waals surface area contributed by atoms with Gasteiger partial charge in [-0.1, -0.05) is 6.07 Å². The van der Waals surface area contributed by atoms with Crippen LogP contribution in [0, 0.1) is 23.7 Å². The summed E-state index contributed by atoms with van der Waals surface area (Å²) in [5.74, 6) is -0.450. The molecule has 2 aliphatic carbocycles. The Bertz CT molecular complexity index is 799. The quantitative estimate of drug-likeness (QED) is 0.832. The van der Waals surface area contributed by atoms with Crippen LogP contribution in [0.2, 0.25) is 0 Å². The van der Waals surface area contributed by atoms with Gasteiger partial charge in [-0.15, -0.1) is 0 Å². The van der Waals surface area contributed by atoms with Crippen LogP contribution in [-0.2, 0) is 14.3 Å². The number of nitrogens with zero attached hydrogens (tertiary/aromatic N) is 1. The zero-order valence-corrected chi connectivity index (χ0v) is 15.2. The lowest BCUT2D eigenvalue weighted by atomic mass is 9.79. The van der Waals surface area contributed by atoms with Crippen molar-refractivity contribution in [1.82, 2.24) is 4.90 Å². The molecule has 2 bridgehead atoms. The molecule has 5 unspecified atom stereocenters. The number of piperidine rings is 1. The van der Waals surface area contributed by atoms with Crippen molar-refractivity contribution in [2.45, 2.75) is 38.2 Å². The Morgan fingerprint density at radius 2 is 1.93 bits per heavy atom. The molecule has 1 aromatic rings. The lowest BCUT2D eigenvalue weighted by molar-refractivity contribution is -0.145. The summed E-state index contributed by atoms with van der Waals surface area (Å²) in [6, 6.07) is 7.14. The highest BCUT2D eigenvalue weighted by Gasteiger charge is 2.63. The number of amides is 2. The van der Waals surface area contributed by atoms with Gasteiger partial charge in [0.1, 0.15) is 6.10 Å². The summed E-state index contributed by atoms with van der Waals surface area (Å²) in [6.07, 6.45) is 5.01. The third kappa shape index (κ3) is 2.73. The van der Waals surface area contributed by atoms with Gasteiger partial charge in [0.15, 0.2) is 0 Å². The molecule has 0 radical (unpaired) electrons. The molecule has 27 heavy (non-hydrogen) atoms. The number of carbonyl (C=O) groups is 3. The third-order valence-electron chi connectivity index (χ3n) is 6.81. The summed E-state index contributed by atoms with van der Waals surface area (Å²) in [5, 5.41) is 2.95. The third-order valence-corrected chi connectivity index (χ3v) is 6.81. The standard InChI is InChI=1S/C21H24N2O4/c24-19(17-13-10-15-16(11-13)27-21(26)18(15)17)22-14-6-4-5-12(9-14)20(25)23-7-2-1-3-8-23/h4-6,9,13,15-18H,1-3,7-8,10-11H2,(H,22,24). The van der Waals surface area contributed by atoms with Crippen LogP contribution in [0.25, 0.3) is 0 Å². The molecule has 2 heterocycles. The van der Waals surface area contributed by atoms with Gasteiger partial charge < -0.3 is 15.0 Å². The molecule has 1 N–H and O–H groups in total. The number of nitrogens with one attached hydrogen (secondary N) is 1. The Kier molecular flexibility index (Phi) is 3.95. The van der Waals surface area contributed by atoms with E-state index in [1.807, 2.05) is 4.90 Å². The van der Waals surface area contributed by atoms with E-state index in [-0.39, 0.29) is 47.6 Å². The first-order chi connectivity index (χ1) is 13.1. The van der Waals surface area contributed by atoms with E-state index < -0.39 is 0 Å². The number of ether oxygens (including phenoxy) is 1. The van der Waals surface area contributed by atoms with Crippen molar-refractivity contribution in [3.63, 3.8) is 0 Å². The molecule has 5 atom stereocenters. The van der Waals surface area contributed by atoms with Crippen molar-refractivity contribution in [3.8, 4) is 0 Å². The summed E-state index contributed by atoms with van der Waals surface area (Å²) >= 11 is 0. The van der Waals surface area contributed by atoms with Crippen molar-refractivity contribution < 1.29 is 19.1 Å². The SMILES string of the molecule is O=C(Nc1cccc(C(=O)N2CCCCC2)c1)C1C2CC3OC(=O)C1C3C2. The second-order valence-corrected chi connectivity index (χ2v) is 8.35. The number of benzene rings is 1. The van der Waals surface area contributed by atoms with Crippen LogP contribution < -0.4 is 5.32 Å². The highest BCUT2D eigenvalue weighted by molar-refractivity contribution is 5.99. The largest absolute Gasteiger partial charge is 0.462 e. The average Bonchev–Trinajstić information content (AvgIpc) is 3.31. The van der Waals surface area contributed by atoms with Crippen LogP contribution in [0.15, 0.2) is 24.3 Å². The van der Waals surface area contributed by atoms with E-state index >= 15 is 0 Å². The number of fused-ring (bicyclic) bond motifs is 1. The molecule has 0 aromatic heterocycles. The van der Waals surface area contributed by atoms with E-state index in [2.05, 4.69) is 5.32 Å². The topological polar surface area (TPSA) is 75.7 Å². The number of hydrogen-bond donors (Lipinski definition) is 1. The fraction of sp³-hybridized carbons (Fsp3) is 0.571. The predicted molar refractivity (Wildman–Crippen MR) is 97.9 cm³/mol. The monoisotopic (exact) mass is 368 g/mol. The molecule has 1 aromatic carbocycles. The van der Waals surface area contributed by atoms with Crippen molar-refractivity contribution in [2.24, 2.45) is 23.7 Å². The van der Waals surface area contributed by atoms with Crippen LogP contribution in [0.1, 0.15) is 42.5 Å². The number of anilines is 1. The minimum atomic E-state index is -0.303. The first-order valence-electron chi connectivity index (χ1n) is 10.0. The molecule has 2 amide bonds. The summed E-state index contributed by atoms with van der Waals surface area (Å²) in [6.45, 7) is 1.59. The molecule has 6 nitrogen and oxygen atoms in total. The van der Waals surface area contributed by atoms with Gasteiger partial charge in [0.25, 0.3) is 5.91 Å². The molecule has 4 fully saturated rings. The molecule has 142 valence electrons. The maximum atomic E-state index is 12.9. The Balaban J connectivity index is 1.30. The highest BCUT2D eigenvalue weighted by Crippen LogP contribution is 2.57. The zero-order chi connectivity index (χ0) is 18.5. The molecule has 6 heteroatoms. The summed E-state index contributed by atoms with van der Waals surface area (Å²) in [4.78, 5) is 39.6. The smallest absolute Gasteiger partial charge is 0.310 e. The fourth-order valence-electron chi connectivity index (χ4n) is 5.60. The second kappa shape index (κ2) is 6.36. The van der Waals surface area contributed by atoms with Gasteiger partial charge in [-0.05, 0) is 56.2 Å². The summed E-state index contributed by atoms with van der Waals surface area (Å²) in [5.41, 5.74) is 1.22. The van der Waals surface area contributed by atoms with E-state index in [0.717, 1.165) is 38.8 Å². The van der Waals surface area contributed by atoms with Crippen LogP contribution in [0.3, 0.4) is 0 Å². The van der Waals surface area contributed by atoms with E-state index in [1.54, 1.807) is 24.3 Å². The normalized spacial score (nSPS) is 33.9. The average molecular weight is 368 g/mol. The molecule has 2 saturated carbocycles. The van der Waals surface area contributed by atoms with Gasteiger partial charge in [-0.25, -0.2) is 0 Å². The summed E-state index contributed by atoms with van der Waals surface area (Å²) in [7, 11) is 0. The number of likely N-dealkylation sites (tertiary alicyclic amines) is 1. The van der Waals surface area contributed by atoms with Gasteiger partial charge in [0.05, 0.1) is 11.8 Å². The van der Waals surface area contributed by atoms with E-state index in [1.165, 1.54) is 6.42 Å². The Morgan fingerprint density at radius 3 is 2.74 bits per heavy atom. The molecule has 5 rings (SSSR count). The van der Waals surface area contributed by atoms with Crippen LogP contribution in [0.5, 0.6) is 0 Å². The molecule has 2 saturated heterocycles. The van der Waals surface area contributed by atoms with Gasteiger partial charge in [-0.3, -0.25) is 14.4 Å². The first-order valence-corrected chi connectivity index (χ1v) is 10.0. The van der Waals surface area contributed by atoms with Crippen molar-refractivity contribution in [2.75, 3.05) is 18.4 Å². The summed E-state index contributed by atoms with van der Waals surface area (Å²) < 4.78 is 5.42. The van der Waals surface area contributed by atoms with Crippen molar-refractivity contribution >= 4 is 23.5 Å². The molecular formula is C21H24N2O4. The number of carbonyl (C=O) groups excluding carboxylic acids is 3. The van der Waals surface area contributed by atoms with Crippen LogP contribution in [0.4, 0.5) is 5.69 Å². The fourth-order valence-corrected chi connectivity index (χ4v) is 5.60. The molecular weight excluding hydrogens is 344 g/mol. The number of hydrogen-bond acceptors (Lipinski definition) is 4. The second-order valence-electron chi connectivity index (χ2n) is 8.35. The van der Waals surface area contributed by atoms with Gasteiger partial charge in [0.2, 0.25) is 5.91 Å². The lowest BCUT2D eigenvalue weighted by Crippen LogP contribution is -2.36. The Hall–Kier alpha value is -2.37. The minimum absolute atomic E-state index is 0.0212. The van der Waals surface area contributed by atoms with Crippen molar-refractivity contribution in [3.05, 3.63) is 29.8 Å². The number of esters is 1. The zero-order valence-electron chi connectivity index (χ0n) is 15.2.